The molecule has 27 heavy (non-hydrogen) atoms. The Bertz CT molecular complexity index is 940. The monoisotopic (exact) mass is 430 g/mol. The van der Waals surface area contributed by atoms with Gasteiger partial charge in [0.05, 0.1) is 20.5 Å². The third-order valence-electron chi connectivity index (χ3n) is 3.42. The van der Waals surface area contributed by atoms with Crippen LogP contribution in [-0.4, -0.2) is 45.3 Å². The van der Waals surface area contributed by atoms with Gasteiger partial charge in [0, 0.05) is 19.8 Å². The number of hydrogen-bond donors (Lipinski definition) is 1. The van der Waals surface area contributed by atoms with Gasteiger partial charge in [0.2, 0.25) is 10.0 Å². The van der Waals surface area contributed by atoms with E-state index in [0.717, 1.165) is 4.31 Å². The molecule has 0 bridgehead atoms. The molecule has 2 aromatic carbocycles. The van der Waals surface area contributed by atoms with Gasteiger partial charge in [-0.15, -0.1) is 0 Å². The highest BCUT2D eigenvalue weighted by molar-refractivity contribution is 7.89. The van der Waals surface area contributed by atoms with E-state index in [1.54, 1.807) is 6.07 Å². The van der Waals surface area contributed by atoms with Gasteiger partial charge in [0.25, 0.3) is 5.91 Å². The molecule has 0 aliphatic heterocycles. The minimum absolute atomic E-state index is 0.0214. The van der Waals surface area contributed by atoms with Gasteiger partial charge in [-0.05, 0) is 36.4 Å². The maximum atomic E-state index is 12.0. The minimum atomic E-state index is -3.56. The van der Waals surface area contributed by atoms with E-state index in [-0.39, 0.29) is 20.5 Å². The van der Waals surface area contributed by atoms with Crippen LogP contribution in [0, 0.1) is 0 Å². The lowest BCUT2D eigenvalue weighted by molar-refractivity contribution is -0.119. The lowest BCUT2D eigenvalue weighted by Crippen LogP contribution is -2.22. The Balaban J connectivity index is 1.97. The second-order valence-corrected chi connectivity index (χ2v) is 8.50. The van der Waals surface area contributed by atoms with Crippen molar-refractivity contribution in [3.63, 3.8) is 0 Å². The van der Waals surface area contributed by atoms with Gasteiger partial charge in [-0.2, -0.15) is 0 Å². The predicted molar refractivity (Wildman–Crippen MR) is 103 cm³/mol. The summed E-state index contributed by atoms with van der Waals surface area (Å²) in [6.45, 7) is -0.557. The molecule has 0 spiro atoms. The molecule has 10 heteroatoms. The van der Waals surface area contributed by atoms with Crippen molar-refractivity contribution in [1.29, 1.82) is 0 Å². The van der Waals surface area contributed by atoms with Crippen molar-refractivity contribution in [3.8, 4) is 0 Å². The Labute approximate surface area is 166 Å². The molecule has 1 amide bonds. The lowest BCUT2D eigenvalue weighted by atomic mass is 10.2. The summed E-state index contributed by atoms with van der Waals surface area (Å²) < 4.78 is 30.0. The highest BCUT2D eigenvalue weighted by atomic mass is 35.5. The highest BCUT2D eigenvalue weighted by Gasteiger charge is 2.18. The van der Waals surface area contributed by atoms with E-state index >= 15 is 0 Å². The number of rotatable bonds is 6. The van der Waals surface area contributed by atoms with Crippen LogP contribution in [0.3, 0.4) is 0 Å². The molecule has 0 fully saturated rings. The van der Waals surface area contributed by atoms with Crippen molar-refractivity contribution in [3.05, 3.63) is 58.1 Å². The number of carbonyl (C=O) groups excluding carboxylic acids is 2. The number of nitrogens with zero attached hydrogens (tertiary/aromatic N) is 1. The largest absolute Gasteiger partial charge is 0.452 e. The quantitative estimate of drug-likeness (QED) is 0.710. The summed E-state index contributed by atoms with van der Waals surface area (Å²) in [6.07, 6.45) is 0. The second-order valence-electron chi connectivity index (χ2n) is 5.53. The summed E-state index contributed by atoms with van der Waals surface area (Å²) in [7, 11) is -0.714. The Morgan fingerprint density at radius 1 is 1.04 bits per heavy atom. The number of carbonyl (C=O) groups is 2. The van der Waals surface area contributed by atoms with Crippen LogP contribution in [0.2, 0.25) is 10.0 Å². The van der Waals surface area contributed by atoms with Crippen molar-refractivity contribution in [1.82, 2.24) is 4.31 Å². The molecular weight excluding hydrogens is 415 g/mol. The molecule has 0 saturated heterocycles. The topological polar surface area (TPSA) is 92.8 Å². The van der Waals surface area contributed by atoms with Crippen LogP contribution < -0.4 is 5.32 Å². The van der Waals surface area contributed by atoms with Gasteiger partial charge < -0.3 is 10.1 Å². The predicted octanol–water partition coefficient (Wildman–Crippen LogP) is 3.04. The zero-order valence-electron chi connectivity index (χ0n) is 14.4. The Morgan fingerprint density at radius 2 is 1.59 bits per heavy atom. The summed E-state index contributed by atoms with van der Waals surface area (Å²) in [5.41, 5.74) is 0.330. The van der Waals surface area contributed by atoms with Crippen molar-refractivity contribution < 1.29 is 22.7 Å². The zero-order valence-corrected chi connectivity index (χ0v) is 16.7. The third kappa shape index (κ3) is 5.20. The van der Waals surface area contributed by atoms with E-state index in [9.17, 15) is 18.0 Å². The number of sulfonamides is 1. The summed E-state index contributed by atoms with van der Waals surface area (Å²) >= 11 is 11.8. The van der Waals surface area contributed by atoms with E-state index in [1.807, 2.05) is 0 Å². The highest BCUT2D eigenvalue weighted by Crippen LogP contribution is 2.25. The fourth-order valence-corrected chi connectivity index (χ4v) is 3.47. The summed E-state index contributed by atoms with van der Waals surface area (Å²) in [5.74, 6) is -1.43. The number of halogens is 2. The number of nitrogens with one attached hydrogen (secondary N) is 1. The average molecular weight is 431 g/mol. The lowest BCUT2D eigenvalue weighted by Gasteiger charge is -2.12. The van der Waals surface area contributed by atoms with Gasteiger partial charge in [-0.25, -0.2) is 17.5 Å². The molecule has 0 aliphatic carbocycles. The van der Waals surface area contributed by atoms with Gasteiger partial charge >= 0.3 is 5.97 Å². The van der Waals surface area contributed by atoms with Crippen LogP contribution in [0.4, 0.5) is 5.69 Å². The van der Waals surface area contributed by atoms with Gasteiger partial charge in [-0.3, -0.25) is 4.79 Å². The van der Waals surface area contributed by atoms with Crippen molar-refractivity contribution in [2.45, 2.75) is 4.90 Å². The van der Waals surface area contributed by atoms with Crippen LogP contribution in [0.15, 0.2) is 47.4 Å². The molecule has 0 atom stereocenters. The first-order valence-corrected chi connectivity index (χ1v) is 9.76. The molecule has 1 N–H and O–H groups in total. The molecule has 2 aromatic rings. The molecule has 0 aliphatic rings. The van der Waals surface area contributed by atoms with Crippen LogP contribution in [-0.2, 0) is 19.6 Å². The first-order valence-electron chi connectivity index (χ1n) is 7.56. The molecule has 0 radical (unpaired) electrons. The number of ether oxygens (including phenoxy) is 1. The van der Waals surface area contributed by atoms with Crippen LogP contribution >= 0.6 is 23.2 Å². The van der Waals surface area contributed by atoms with Crippen molar-refractivity contribution in [2.24, 2.45) is 0 Å². The van der Waals surface area contributed by atoms with E-state index < -0.39 is 28.5 Å². The first-order chi connectivity index (χ1) is 12.6. The van der Waals surface area contributed by atoms with Crippen LogP contribution in [0.25, 0.3) is 0 Å². The summed E-state index contributed by atoms with van der Waals surface area (Å²) in [5, 5.41) is 2.73. The molecule has 0 aromatic heterocycles. The van der Waals surface area contributed by atoms with Gasteiger partial charge in [0.15, 0.2) is 6.61 Å². The zero-order chi connectivity index (χ0) is 20.2. The standard InChI is InChI=1S/C17H16Cl2N2O5S/c1-21(2)27(24,25)12-8-6-11(7-9-12)20-15(22)10-26-17(23)16-13(18)4-3-5-14(16)19/h3-9H,10H2,1-2H3,(H,20,22). The molecule has 144 valence electrons. The number of esters is 1. The molecule has 0 unspecified atom stereocenters. The first kappa shape index (κ1) is 21.2. The van der Waals surface area contributed by atoms with E-state index in [2.05, 4.69) is 5.32 Å². The number of amides is 1. The van der Waals surface area contributed by atoms with E-state index in [1.165, 1.54) is 50.5 Å². The fourth-order valence-electron chi connectivity index (χ4n) is 2.01. The molecule has 0 saturated carbocycles. The Hall–Kier alpha value is -2.13. The normalized spacial score (nSPS) is 11.3. The molecule has 2 rings (SSSR count). The second kappa shape index (κ2) is 8.71. The van der Waals surface area contributed by atoms with Gasteiger partial charge in [0.1, 0.15) is 0 Å². The van der Waals surface area contributed by atoms with Gasteiger partial charge in [-0.1, -0.05) is 29.3 Å². The fraction of sp³-hybridized carbons (Fsp3) is 0.176. The number of benzene rings is 2. The van der Waals surface area contributed by atoms with Crippen molar-refractivity contribution in [2.75, 3.05) is 26.0 Å². The number of hydrogen-bond acceptors (Lipinski definition) is 5. The van der Waals surface area contributed by atoms with Crippen LogP contribution in [0.1, 0.15) is 10.4 Å². The average Bonchev–Trinajstić information content (AvgIpc) is 2.60. The smallest absolute Gasteiger partial charge is 0.341 e. The maximum absolute atomic E-state index is 12.0. The maximum Gasteiger partial charge on any atom is 0.341 e. The van der Waals surface area contributed by atoms with Crippen LogP contribution in [0.5, 0.6) is 0 Å². The van der Waals surface area contributed by atoms with E-state index in [4.69, 9.17) is 27.9 Å². The third-order valence-corrected chi connectivity index (χ3v) is 5.88. The van der Waals surface area contributed by atoms with E-state index in [0.29, 0.717) is 5.69 Å². The summed E-state index contributed by atoms with van der Waals surface area (Å²) in [6, 6.07) is 10.1. The molecule has 7 nitrogen and oxygen atoms in total. The Morgan fingerprint density at radius 3 is 2.11 bits per heavy atom. The summed E-state index contributed by atoms with van der Waals surface area (Å²) in [4.78, 5) is 24.0. The minimum Gasteiger partial charge on any atom is -0.452 e. The molecule has 0 heterocycles. The number of anilines is 1. The Kier molecular flexibility index (Phi) is 6.83. The molecular formula is C17H16Cl2N2O5S. The SMILES string of the molecule is CN(C)S(=O)(=O)c1ccc(NC(=O)COC(=O)c2c(Cl)cccc2Cl)cc1. The van der Waals surface area contributed by atoms with Crippen molar-refractivity contribution >= 4 is 50.8 Å².